The lowest BCUT2D eigenvalue weighted by Gasteiger charge is -2.15. The number of pyridine rings is 1. The summed E-state index contributed by atoms with van der Waals surface area (Å²) in [6.07, 6.45) is 3.65. The molecule has 0 aliphatic heterocycles. The van der Waals surface area contributed by atoms with Gasteiger partial charge in [-0.15, -0.1) is 0 Å². The van der Waals surface area contributed by atoms with Gasteiger partial charge in [-0.3, -0.25) is 4.98 Å². The zero-order valence-corrected chi connectivity index (χ0v) is 22.8. The lowest BCUT2D eigenvalue weighted by Crippen LogP contribution is -1.97. The van der Waals surface area contributed by atoms with E-state index < -0.39 is 0 Å². The molecular formula is C39H25N3. The summed E-state index contributed by atoms with van der Waals surface area (Å²) >= 11 is 0. The fourth-order valence-electron chi connectivity index (χ4n) is 5.94. The van der Waals surface area contributed by atoms with Gasteiger partial charge in [0.05, 0.1) is 11.4 Å². The van der Waals surface area contributed by atoms with Crippen LogP contribution in [0.15, 0.2) is 152 Å². The summed E-state index contributed by atoms with van der Waals surface area (Å²) in [4.78, 5) is 14.5. The predicted molar refractivity (Wildman–Crippen MR) is 174 cm³/mol. The van der Waals surface area contributed by atoms with Gasteiger partial charge in [-0.25, -0.2) is 9.97 Å². The fraction of sp³-hybridized carbons (Fsp3) is 0. The third-order valence-corrected chi connectivity index (χ3v) is 7.95. The van der Waals surface area contributed by atoms with Crippen molar-refractivity contribution in [1.29, 1.82) is 0 Å². The van der Waals surface area contributed by atoms with Gasteiger partial charge in [0.2, 0.25) is 0 Å². The smallest absolute Gasteiger partial charge is 0.160 e. The molecule has 0 amide bonds. The molecule has 0 aliphatic rings. The number of nitrogens with zero attached hydrogens (tertiary/aromatic N) is 3. The van der Waals surface area contributed by atoms with Gasteiger partial charge in [0, 0.05) is 29.1 Å². The molecule has 3 nitrogen and oxygen atoms in total. The summed E-state index contributed by atoms with van der Waals surface area (Å²) in [6.45, 7) is 0. The maximum atomic E-state index is 5.18. The lowest BCUT2D eigenvalue weighted by atomic mass is 9.92. The molecule has 0 radical (unpaired) electrons. The monoisotopic (exact) mass is 535 g/mol. The SMILES string of the molecule is c1ccc(-c2nc(-c3cccc(-c4ccncc4)c3)cc(-c3cc4ccc5ccccc5c4c4ccccc34)n2)cc1. The van der Waals surface area contributed by atoms with Gasteiger partial charge in [-0.05, 0) is 73.8 Å². The second-order valence-electron chi connectivity index (χ2n) is 10.5. The summed E-state index contributed by atoms with van der Waals surface area (Å²) in [5, 5.41) is 7.38. The topological polar surface area (TPSA) is 38.7 Å². The van der Waals surface area contributed by atoms with E-state index in [0.29, 0.717) is 5.82 Å². The van der Waals surface area contributed by atoms with Crippen LogP contribution in [-0.4, -0.2) is 15.0 Å². The molecule has 196 valence electrons. The molecule has 0 N–H and O–H groups in total. The van der Waals surface area contributed by atoms with E-state index in [0.717, 1.165) is 39.2 Å². The summed E-state index contributed by atoms with van der Waals surface area (Å²) in [5.41, 5.74) is 7.16. The average Bonchev–Trinajstić information content (AvgIpc) is 3.08. The number of rotatable bonds is 4. The largest absolute Gasteiger partial charge is 0.265 e. The molecule has 0 unspecified atom stereocenters. The van der Waals surface area contributed by atoms with Gasteiger partial charge in [0.15, 0.2) is 5.82 Å². The molecule has 0 aliphatic carbocycles. The number of aromatic nitrogens is 3. The van der Waals surface area contributed by atoms with Crippen LogP contribution in [0.4, 0.5) is 0 Å². The Morgan fingerprint density at radius 3 is 1.90 bits per heavy atom. The van der Waals surface area contributed by atoms with E-state index >= 15 is 0 Å². The quantitative estimate of drug-likeness (QED) is 0.211. The molecule has 8 aromatic rings. The molecule has 3 heteroatoms. The van der Waals surface area contributed by atoms with E-state index in [9.17, 15) is 0 Å². The molecular weight excluding hydrogens is 510 g/mol. The van der Waals surface area contributed by atoms with Crippen LogP contribution in [0.5, 0.6) is 0 Å². The average molecular weight is 536 g/mol. The van der Waals surface area contributed by atoms with Crippen molar-refractivity contribution < 1.29 is 0 Å². The van der Waals surface area contributed by atoms with E-state index in [-0.39, 0.29) is 0 Å². The van der Waals surface area contributed by atoms with E-state index in [1.807, 2.05) is 42.7 Å². The molecule has 0 atom stereocenters. The Balaban J connectivity index is 1.40. The summed E-state index contributed by atoms with van der Waals surface area (Å²) in [7, 11) is 0. The number of hydrogen-bond acceptors (Lipinski definition) is 3. The first-order chi connectivity index (χ1) is 20.8. The zero-order valence-electron chi connectivity index (χ0n) is 22.8. The Hall–Kier alpha value is -5.67. The van der Waals surface area contributed by atoms with Crippen molar-refractivity contribution in [3.05, 3.63) is 152 Å². The molecule has 8 rings (SSSR count). The van der Waals surface area contributed by atoms with Gasteiger partial charge in [-0.1, -0.05) is 109 Å². The Morgan fingerprint density at radius 1 is 0.381 bits per heavy atom. The van der Waals surface area contributed by atoms with Crippen molar-refractivity contribution in [2.45, 2.75) is 0 Å². The normalized spacial score (nSPS) is 11.3. The highest BCUT2D eigenvalue weighted by atomic mass is 14.9. The van der Waals surface area contributed by atoms with Crippen LogP contribution in [0.2, 0.25) is 0 Å². The maximum absolute atomic E-state index is 5.18. The summed E-state index contributed by atoms with van der Waals surface area (Å²) < 4.78 is 0. The molecule has 2 heterocycles. The Kier molecular flexibility index (Phi) is 5.79. The Labute approximate surface area is 243 Å². The van der Waals surface area contributed by atoms with Crippen LogP contribution in [0, 0.1) is 0 Å². The van der Waals surface area contributed by atoms with Crippen molar-refractivity contribution in [1.82, 2.24) is 15.0 Å². The second kappa shape index (κ2) is 10.1. The first-order valence-corrected chi connectivity index (χ1v) is 14.1. The molecule has 0 fully saturated rings. The van der Waals surface area contributed by atoms with Gasteiger partial charge >= 0.3 is 0 Å². The van der Waals surface area contributed by atoms with Gasteiger partial charge in [0.25, 0.3) is 0 Å². The van der Waals surface area contributed by atoms with Crippen molar-refractivity contribution in [2.24, 2.45) is 0 Å². The van der Waals surface area contributed by atoms with Gasteiger partial charge in [0.1, 0.15) is 0 Å². The van der Waals surface area contributed by atoms with Crippen molar-refractivity contribution >= 4 is 32.3 Å². The molecule has 0 saturated heterocycles. The highest BCUT2D eigenvalue weighted by Gasteiger charge is 2.16. The highest BCUT2D eigenvalue weighted by molar-refractivity contribution is 6.23. The van der Waals surface area contributed by atoms with E-state index in [1.54, 1.807) is 0 Å². The first-order valence-electron chi connectivity index (χ1n) is 14.1. The molecule has 6 aromatic carbocycles. The fourth-order valence-corrected chi connectivity index (χ4v) is 5.94. The van der Waals surface area contributed by atoms with Crippen molar-refractivity contribution in [3.8, 4) is 45.0 Å². The Morgan fingerprint density at radius 2 is 1.05 bits per heavy atom. The first kappa shape index (κ1) is 24.2. The third kappa shape index (κ3) is 4.20. The zero-order chi connectivity index (χ0) is 27.9. The second-order valence-corrected chi connectivity index (χ2v) is 10.5. The molecule has 42 heavy (non-hydrogen) atoms. The highest BCUT2D eigenvalue weighted by Crippen LogP contribution is 2.39. The minimum Gasteiger partial charge on any atom is -0.265 e. The number of benzene rings is 6. The van der Waals surface area contributed by atoms with Gasteiger partial charge in [-0.2, -0.15) is 0 Å². The maximum Gasteiger partial charge on any atom is 0.160 e. The van der Waals surface area contributed by atoms with Crippen LogP contribution in [0.1, 0.15) is 0 Å². The summed E-state index contributed by atoms with van der Waals surface area (Å²) in [6, 6.07) is 49.0. The molecule has 0 saturated carbocycles. The lowest BCUT2D eigenvalue weighted by molar-refractivity contribution is 1.19. The van der Waals surface area contributed by atoms with E-state index in [4.69, 9.17) is 9.97 Å². The van der Waals surface area contributed by atoms with E-state index in [2.05, 4.69) is 114 Å². The number of hydrogen-bond donors (Lipinski definition) is 0. The minimum atomic E-state index is 0.708. The Bertz CT molecular complexity index is 2240. The van der Waals surface area contributed by atoms with Crippen LogP contribution >= 0.6 is 0 Å². The summed E-state index contributed by atoms with van der Waals surface area (Å²) in [5.74, 6) is 0.708. The van der Waals surface area contributed by atoms with Gasteiger partial charge < -0.3 is 0 Å². The molecule has 0 bridgehead atoms. The van der Waals surface area contributed by atoms with Crippen molar-refractivity contribution in [2.75, 3.05) is 0 Å². The van der Waals surface area contributed by atoms with Crippen LogP contribution < -0.4 is 0 Å². The van der Waals surface area contributed by atoms with Crippen LogP contribution in [0.3, 0.4) is 0 Å². The van der Waals surface area contributed by atoms with Crippen LogP contribution in [-0.2, 0) is 0 Å². The number of fused-ring (bicyclic) bond motifs is 5. The third-order valence-electron chi connectivity index (χ3n) is 7.95. The van der Waals surface area contributed by atoms with Crippen LogP contribution in [0.25, 0.3) is 77.3 Å². The van der Waals surface area contributed by atoms with E-state index in [1.165, 1.54) is 32.3 Å². The predicted octanol–water partition coefficient (Wildman–Crippen LogP) is 10.00. The standard InChI is InChI=1S/C39H25N3/c1-2-10-28(11-3-1)39-41-36(30-13-8-12-29(23-30)26-19-21-40-22-20-26)25-37(42-39)35-24-31-18-17-27-9-4-5-14-32(27)38(31)34-16-7-6-15-33(34)35/h1-25H. The molecule has 2 aromatic heterocycles. The van der Waals surface area contributed by atoms with Crippen molar-refractivity contribution in [3.63, 3.8) is 0 Å². The molecule has 0 spiro atoms. The minimum absolute atomic E-state index is 0.708.